The molecular weight excluding hydrogens is 220 g/mol. The summed E-state index contributed by atoms with van der Waals surface area (Å²) >= 11 is 0. The van der Waals surface area contributed by atoms with Crippen molar-refractivity contribution in [2.75, 3.05) is 5.32 Å². The maximum Gasteiger partial charge on any atom is 0.357 e. The Morgan fingerprint density at radius 1 is 1.41 bits per heavy atom. The number of nitrogens with one attached hydrogen (secondary N) is 1. The van der Waals surface area contributed by atoms with Gasteiger partial charge in [-0.15, -0.1) is 0 Å². The number of carboxylic acid groups (broad SMARTS) is 1. The summed E-state index contributed by atoms with van der Waals surface area (Å²) in [4.78, 5) is 14.4. The van der Waals surface area contributed by atoms with Gasteiger partial charge in [-0.05, 0) is 12.5 Å². The van der Waals surface area contributed by atoms with Gasteiger partial charge in [-0.3, -0.25) is 0 Å². The van der Waals surface area contributed by atoms with Crippen LogP contribution in [0.4, 0.5) is 6.01 Å². The molecule has 0 radical (unpaired) electrons. The van der Waals surface area contributed by atoms with Crippen molar-refractivity contribution in [3.63, 3.8) is 0 Å². The summed E-state index contributed by atoms with van der Waals surface area (Å²) in [6, 6.07) is 9.95. The number of benzene rings is 1. The fourth-order valence-corrected chi connectivity index (χ4v) is 1.45. The van der Waals surface area contributed by atoms with E-state index < -0.39 is 5.97 Å². The molecule has 88 valence electrons. The van der Waals surface area contributed by atoms with E-state index in [1.54, 1.807) is 0 Å². The maximum atomic E-state index is 10.6. The van der Waals surface area contributed by atoms with Crippen LogP contribution < -0.4 is 5.32 Å². The van der Waals surface area contributed by atoms with E-state index in [-0.39, 0.29) is 17.8 Å². The summed E-state index contributed by atoms with van der Waals surface area (Å²) in [5.41, 5.74) is 0.968. The van der Waals surface area contributed by atoms with Crippen molar-refractivity contribution in [2.45, 2.75) is 13.0 Å². The molecule has 0 bridgehead atoms. The number of anilines is 1. The maximum absolute atomic E-state index is 10.6. The number of hydrogen-bond donors (Lipinski definition) is 2. The predicted molar refractivity (Wildman–Crippen MR) is 61.9 cm³/mol. The molecule has 1 atom stereocenters. The van der Waals surface area contributed by atoms with Crippen molar-refractivity contribution in [1.29, 1.82) is 0 Å². The van der Waals surface area contributed by atoms with E-state index in [9.17, 15) is 4.79 Å². The Bertz CT molecular complexity index is 507. The number of aromatic carboxylic acids is 1. The zero-order valence-electron chi connectivity index (χ0n) is 9.25. The van der Waals surface area contributed by atoms with E-state index in [0.29, 0.717) is 0 Å². The Morgan fingerprint density at radius 2 is 2.12 bits per heavy atom. The highest BCUT2D eigenvalue weighted by molar-refractivity contribution is 5.85. The van der Waals surface area contributed by atoms with Crippen LogP contribution in [-0.2, 0) is 0 Å². The van der Waals surface area contributed by atoms with Crippen LogP contribution in [0.3, 0.4) is 0 Å². The van der Waals surface area contributed by atoms with Gasteiger partial charge in [-0.25, -0.2) is 4.79 Å². The molecule has 0 fully saturated rings. The molecule has 0 saturated carbocycles. The molecule has 0 amide bonds. The lowest BCUT2D eigenvalue weighted by molar-refractivity contribution is 0.0690. The molecule has 1 aromatic carbocycles. The molecule has 1 aromatic heterocycles. The van der Waals surface area contributed by atoms with E-state index in [0.717, 1.165) is 11.8 Å². The van der Waals surface area contributed by atoms with Crippen LogP contribution in [0.25, 0.3) is 0 Å². The van der Waals surface area contributed by atoms with Crippen LogP contribution in [0.15, 0.2) is 41.0 Å². The summed E-state index contributed by atoms with van der Waals surface area (Å²) in [6.45, 7) is 1.94. The zero-order valence-corrected chi connectivity index (χ0v) is 9.25. The largest absolute Gasteiger partial charge is 0.476 e. The average Bonchev–Trinajstić information content (AvgIpc) is 2.79. The van der Waals surface area contributed by atoms with Gasteiger partial charge in [0.15, 0.2) is 5.69 Å². The number of rotatable bonds is 4. The smallest absolute Gasteiger partial charge is 0.357 e. The summed E-state index contributed by atoms with van der Waals surface area (Å²) < 4.78 is 5.02. The van der Waals surface area contributed by atoms with Crippen LogP contribution in [0, 0.1) is 0 Å². The lowest BCUT2D eigenvalue weighted by atomic mass is 10.1. The minimum Gasteiger partial charge on any atom is -0.476 e. The van der Waals surface area contributed by atoms with E-state index in [2.05, 4.69) is 10.3 Å². The number of oxazole rings is 1. The lowest BCUT2D eigenvalue weighted by Gasteiger charge is -2.11. The van der Waals surface area contributed by atoms with Gasteiger partial charge < -0.3 is 14.8 Å². The predicted octanol–water partition coefficient (Wildman–Crippen LogP) is 2.55. The molecule has 2 aromatic rings. The van der Waals surface area contributed by atoms with Gasteiger partial charge in [0.25, 0.3) is 6.01 Å². The highest BCUT2D eigenvalue weighted by atomic mass is 16.4. The van der Waals surface area contributed by atoms with Crippen LogP contribution in [-0.4, -0.2) is 16.1 Å². The van der Waals surface area contributed by atoms with Gasteiger partial charge in [0.1, 0.15) is 6.26 Å². The number of carboxylic acids is 1. The number of nitrogens with zero attached hydrogens (tertiary/aromatic N) is 1. The van der Waals surface area contributed by atoms with Crippen molar-refractivity contribution in [2.24, 2.45) is 0 Å². The van der Waals surface area contributed by atoms with E-state index in [1.165, 1.54) is 0 Å². The van der Waals surface area contributed by atoms with Crippen LogP contribution in [0.1, 0.15) is 29.0 Å². The first-order valence-electron chi connectivity index (χ1n) is 5.17. The van der Waals surface area contributed by atoms with Crippen molar-refractivity contribution in [1.82, 2.24) is 4.98 Å². The average molecular weight is 232 g/mol. The SMILES string of the molecule is CC(Nc1nc(C(=O)O)co1)c1ccccc1. The Hall–Kier alpha value is -2.30. The molecule has 2 rings (SSSR count). The van der Waals surface area contributed by atoms with E-state index in [4.69, 9.17) is 9.52 Å². The quantitative estimate of drug-likeness (QED) is 0.847. The van der Waals surface area contributed by atoms with E-state index in [1.807, 2.05) is 37.3 Å². The summed E-state index contributed by atoms with van der Waals surface area (Å²) in [5.74, 6) is -1.10. The topological polar surface area (TPSA) is 75.4 Å². The van der Waals surface area contributed by atoms with Crippen molar-refractivity contribution < 1.29 is 14.3 Å². The van der Waals surface area contributed by atoms with Crippen LogP contribution in [0.2, 0.25) is 0 Å². The lowest BCUT2D eigenvalue weighted by Crippen LogP contribution is -2.07. The number of aromatic nitrogens is 1. The third kappa shape index (κ3) is 2.63. The molecule has 1 unspecified atom stereocenters. The second-order valence-electron chi connectivity index (χ2n) is 3.62. The summed E-state index contributed by atoms with van der Waals surface area (Å²) in [5, 5.41) is 11.7. The van der Waals surface area contributed by atoms with Gasteiger partial charge in [-0.2, -0.15) is 4.98 Å². The fraction of sp³-hybridized carbons (Fsp3) is 0.167. The third-order valence-corrected chi connectivity index (χ3v) is 2.36. The minimum atomic E-state index is -1.10. The summed E-state index contributed by atoms with van der Waals surface area (Å²) in [6.07, 6.45) is 1.11. The molecule has 1 heterocycles. The van der Waals surface area contributed by atoms with Crippen molar-refractivity contribution in [3.8, 4) is 0 Å². The molecule has 5 nitrogen and oxygen atoms in total. The molecule has 2 N–H and O–H groups in total. The monoisotopic (exact) mass is 232 g/mol. The van der Waals surface area contributed by atoms with Gasteiger partial charge in [-0.1, -0.05) is 30.3 Å². The Labute approximate surface area is 98.1 Å². The van der Waals surface area contributed by atoms with Gasteiger partial charge in [0.05, 0.1) is 6.04 Å². The van der Waals surface area contributed by atoms with Gasteiger partial charge in [0.2, 0.25) is 0 Å². The van der Waals surface area contributed by atoms with Crippen LogP contribution >= 0.6 is 0 Å². The molecular formula is C12H12N2O3. The molecule has 0 saturated heterocycles. The Morgan fingerprint density at radius 3 is 2.71 bits per heavy atom. The normalized spacial score (nSPS) is 12.1. The molecule has 0 aliphatic rings. The summed E-state index contributed by atoms with van der Waals surface area (Å²) in [7, 11) is 0. The number of carbonyl (C=O) groups is 1. The fourth-order valence-electron chi connectivity index (χ4n) is 1.45. The van der Waals surface area contributed by atoms with Crippen molar-refractivity contribution in [3.05, 3.63) is 47.9 Å². The molecule has 0 aliphatic heterocycles. The molecule has 17 heavy (non-hydrogen) atoms. The zero-order chi connectivity index (χ0) is 12.3. The van der Waals surface area contributed by atoms with Gasteiger partial charge in [0, 0.05) is 0 Å². The standard InChI is InChI=1S/C12H12N2O3/c1-8(9-5-3-2-4-6-9)13-12-14-10(7-17-12)11(15)16/h2-8H,1H3,(H,13,14)(H,15,16). The Kier molecular flexibility index (Phi) is 3.09. The molecule has 0 aliphatic carbocycles. The first kappa shape index (κ1) is 11.2. The molecule has 5 heteroatoms. The highest BCUT2D eigenvalue weighted by Crippen LogP contribution is 2.18. The van der Waals surface area contributed by atoms with Gasteiger partial charge >= 0.3 is 5.97 Å². The second-order valence-corrected chi connectivity index (χ2v) is 3.62. The first-order chi connectivity index (χ1) is 8.16. The first-order valence-corrected chi connectivity index (χ1v) is 5.17. The minimum absolute atomic E-state index is 0.00325. The second kappa shape index (κ2) is 4.69. The highest BCUT2D eigenvalue weighted by Gasteiger charge is 2.12. The van der Waals surface area contributed by atoms with E-state index >= 15 is 0 Å². The molecule has 0 spiro atoms. The third-order valence-electron chi connectivity index (χ3n) is 2.36. The Balaban J connectivity index is 2.08. The van der Waals surface area contributed by atoms with Crippen molar-refractivity contribution >= 4 is 12.0 Å². The number of hydrogen-bond acceptors (Lipinski definition) is 4. The van der Waals surface area contributed by atoms with Crippen LogP contribution in [0.5, 0.6) is 0 Å².